The van der Waals surface area contributed by atoms with Crippen LogP contribution in [0.15, 0.2) is 22.3 Å². The number of cyclic esters (lactones) is 4. The molecule has 3 rings (SSSR count). The molecule has 0 aromatic rings. The molecule has 0 fully saturated rings. The lowest BCUT2D eigenvalue weighted by Gasteiger charge is -2.18. The van der Waals surface area contributed by atoms with Gasteiger partial charge in [-0.1, -0.05) is 71.6 Å². The second-order valence-electron chi connectivity index (χ2n) is 9.43. The zero-order valence-corrected chi connectivity index (χ0v) is 19.5. The molecular formula is C26H36O6. The van der Waals surface area contributed by atoms with E-state index in [1.54, 1.807) is 0 Å². The summed E-state index contributed by atoms with van der Waals surface area (Å²) in [7, 11) is 0. The molecule has 0 aromatic carbocycles. The molecule has 0 saturated heterocycles. The first-order valence-corrected chi connectivity index (χ1v) is 12.4. The summed E-state index contributed by atoms with van der Waals surface area (Å²) in [5.74, 6) is -2.56. The van der Waals surface area contributed by atoms with E-state index in [0.717, 1.165) is 64.2 Å². The van der Waals surface area contributed by atoms with Gasteiger partial charge in [0.2, 0.25) is 0 Å². The van der Waals surface area contributed by atoms with E-state index in [1.165, 1.54) is 0 Å². The zero-order chi connectivity index (χ0) is 23.1. The minimum atomic E-state index is -0.590. The van der Waals surface area contributed by atoms with Crippen molar-refractivity contribution in [3.8, 4) is 0 Å². The lowest BCUT2D eigenvalue weighted by Crippen LogP contribution is -2.15. The number of unbranched alkanes of at least 4 members (excludes halogenated alkanes) is 7. The van der Waals surface area contributed by atoms with Gasteiger partial charge in [0, 0.05) is 16.7 Å². The fourth-order valence-electron chi connectivity index (χ4n) is 5.21. The van der Waals surface area contributed by atoms with Crippen molar-refractivity contribution >= 4 is 23.9 Å². The van der Waals surface area contributed by atoms with E-state index in [-0.39, 0.29) is 18.3 Å². The maximum absolute atomic E-state index is 12.7. The predicted octanol–water partition coefficient (Wildman–Crippen LogP) is 5.49. The number of hydrogen-bond donors (Lipinski definition) is 0. The molecule has 0 aromatic heterocycles. The Bertz CT molecular complexity index is 818. The number of esters is 4. The summed E-state index contributed by atoms with van der Waals surface area (Å²) in [5, 5.41) is 0. The maximum Gasteiger partial charge on any atom is 0.342 e. The number of hydrogen-bond acceptors (Lipinski definition) is 6. The summed E-state index contributed by atoms with van der Waals surface area (Å²) in [4.78, 5) is 50.2. The van der Waals surface area contributed by atoms with Crippen LogP contribution in [0.1, 0.15) is 104 Å². The zero-order valence-electron chi connectivity index (χ0n) is 19.5. The topological polar surface area (TPSA) is 86.7 Å². The van der Waals surface area contributed by atoms with Gasteiger partial charge >= 0.3 is 23.9 Å². The minimum Gasteiger partial charge on any atom is -0.386 e. The van der Waals surface area contributed by atoms with E-state index in [2.05, 4.69) is 13.8 Å². The van der Waals surface area contributed by atoms with Crippen LogP contribution in [0.2, 0.25) is 0 Å². The Kier molecular flexibility index (Phi) is 8.83. The number of carbonyl (C=O) groups is 4. The van der Waals surface area contributed by atoms with Gasteiger partial charge < -0.3 is 9.47 Å². The van der Waals surface area contributed by atoms with Crippen molar-refractivity contribution in [1.29, 1.82) is 0 Å². The van der Waals surface area contributed by atoms with Crippen molar-refractivity contribution in [2.24, 2.45) is 11.8 Å². The van der Waals surface area contributed by atoms with E-state index < -0.39 is 23.9 Å². The fourth-order valence-corrected chi connectivity index (χ4v) is 5.21. The van der Waals surface area contributed by atoms with Crippen LogP contribution in [0.3, 0.4) is 0 Å². The summed E-state index contributed by atoms with van der Waals surface area (Å²) in [5.41, 5.74) is 1.75. The van der Waals surface area contributed by atoms with Crippen molar-refractivity contribution in [2.75, 3.05) is 0 Å². The van der Waals surface area contributed by atoms with Crippen LogP contribution in [0.4, 0.5) is 0 Å². The molecule has 1 aliphatic carbocycles. The van der Waals surface area contributed by atoms with Crippen LogP contribution in [0.25, 0.3) is 0 Å². The van der Waals surface area contributed by atoms with Crippen molar-refractivity contribution in [3.63, 3.8) is 0 Å². The predicted molar refractivity (Wildman–Crippen MR) is 119 cm³/mol. The molecule has 2 aliphatic heterocycles. The van der Waals surface area contributed by atoms with Gasteiger partial charge in [-0.3, -0.25) is 0 Å². The molecule has 6 nitrogen and oxygen atoms in total. The van der Waals surface area contributed by atoms with Crippen molar-refractivity contribution in [2.45, 2.75) is 104 Å². The molecule has 0 amide bonds. The first kappa shape index (κ1) is 24.4. The van der Waals surface area contributed by atoms with Crippen LogP contribution >= 0.6 is 0 Å². The number of carbonyl (C=O) groups excluding carboxylic acids is 4. The Morgan fingerprint density at radius 2 is 1.09 bits per heavy atom. The highest BCUT2D eigenvalue weighted by molar-refractivity contribution is 6.14. The van der Waals surface area contributed by atoms with Gasteiger partial charge in [-0.15, -0.1) is 0 Å². The first-order chi connectivity index (χ1) is 15.5. The molecular weight excluding hydrogens is 408 g/mol. The second kappa shape index (κ2) is 11.6. The second-order valence-corrected chi connectivity index (χ2v) is 9.43. The standard InChI is InChI=1S/C26H36O6/c1-3-5-7-9-11-13-18-16-20-19(23(27)31-24(20)28)14-17(12-10-8-6-4-2)15-21-22(18)26(30)32-25(21)29/h17-18H,3-16H2,1-2H3/t17-,18+/m1/s1. The van der Waals surface area contributed by atoms with Gasteiger partial charge in [-0.25, -0.2) is 19.2 Å². The molecule has 2 heterocycles. The number of rotatable bonds is 11. The summed E-state index contributed by atoms with van der Waals surface area (Å²) in [6, 6.07) is 0. The average Bonchev–Trinajstić information content (AvgIpc) is 3.20. The Hall–Kier alpha value is -2.24. The van der Waals surface area contributed by atoms with Crippen molar-refractivity contribution in [3.05, 3.63) is 22.3 Å². The third-order valence-electron chi connectivity index (χ3n) is 6.99. The van der Waals surface area contributed by atoms with Crippen LogP contribution in [0, 0.1) is 11.8 Å². The molecule has 32 heavy (non-hydrogen) atoms. The van der Waals surface area contributed by atoms with E-state index in [9.17, 15) is 19.2 Å². The van der Waals surface area contributed by atoms with E-state index >= 15 is 0 Å². The monoisotopic (exact) mass is 444 g/mol. The molecule has 0 spiro atoms. The highest BCUT2D eigenvalue weighted by Gasteiger charge is 2.43. The van der Waals surface area contributed by atoms with Crippen LogP contribution < -0.4 is 0 Å². The fraction of sp³-hybridized carbons (Fsp3) is 0.692. The highest BCUT2D eigenvalue weighted by atomic mass is 16.6. The summed E-state index contributed by atoms with van der Waals surface area (Å²) < 4.78 is 10.0. The van der Waals surface area contributed by atoms with Crippen molar-refractivity contribution < 1.29 is 28.7 Å². The van der Waals surface area contributed by atoms with E-state index in [0.29, 0.717) is 41.6 Å². The van der Waals surface area contributed by atoms with Crippen LogP contribution in [-0.2, 0) is 28.7 Å². The van der Waals surface area contributed by atoms with Gasteiger partial charge in [-0.2, -0.15) is 0 Å². The normalized spacial score (nSPS) is 23.6. The maximum atomic E-state index is 12.7. The molecule has 6 heteroatoms. The SMILES string of the molecule is CCCCCCC[C@H]1CC2=C(C[C@@H](CCCCCC)CC3=C1C(=O)OC3=O)C(=O)OC2=O. The van der Waals surface area contributed by atoms with Crippen molar-refractivity contribution in [1.82, 2.24) is 0 Å². The third-order valence-corrected chi connectivity index (χ3v) is 6.99. The minimum absolute atomic E-state index is 0.00191. The average molecular weight is 445 g/mol. The van der Waals surface area contributed by atoms with E-state index in [4.69, 9.17) is 9.47 Å². The van der Waals surface area contributed by atoms with Gasteiger partial charge in [0.25, 0.3) is 0 Å². The Morgan fingerprint density at radius 1 is 0.594 bits per heavy atom. The summed E-state index contributed by atoms with van der Waals surface area (Å²) >= 11 is 0. The molecule has 2 atom stereocenters. The third kappa shape index (κ3) is 5.76. The lowest BCUT2D eigenvalue weighted by molar-refractivity contribution is -0.153. The summed E-state index contributed by atoms with van der Waals surface area (Å²) in [6.07, 6.45) is 12.3. The van der Waals surface area contributed by atoms with Gasteiger partial charge in [0.1, 0.15) is 0 Å². The van der Waals surface area contributed by atoms with Crippen LogP contribution in [0.5, 0.6) is 0 Å². The molecule has 0 saturated carbocycles. The molecule has 3 aliphatic rings. The van der Waals surface area contributed by atoms with Crippen LogP contribution in [-0.4, -0.2) is 23.9 Å². The lowest BCUT2D eigenvalue weighted by atomic mass is 9.84. The number of ether oxygens (including phenoxy) is 2. The highest BCUT2D eigenvalue weighted by Crippen LogP contribution is 2.42. The summed E-state index contributed by atoms with van der Waals surface area (Å²) in [6.45, 7) is 4.31. The van der Waals surface area contributed by atoms with Gasteiger partial charge in [0.15, 0.2) is 0 Å². The Balaban J connectivity index is 1.89. The Labute approximate surface area is 190 Å². The molecule has 176 valence electrons. The smallest absolute Gasteiger partial charge is 0.342 e. The molecule has 0 N–H and O–H groups in total. The Morgan fingerprint density at radius 3 is 1.78 bits per heavy atom. The van der Waals surface area contributed by atoms with Gasteiger partial charge in [0.05, 0.1) is 5.57 Å². The quantitative estimate of drug-likeness (QED) is 0.238. The van der Waals surface area contributed by atoms with Gasteiger partial charge in [-0.05, 0) is 43.9 Å². The molecule has 0 unspecified atom stereocenters. The molecule has 0 radical (unpaired) electrons. The largest absolute Gasteiger partial charge is 0.386 e. The molecule has 0 bridgehead atoms. The van der Waals surface area contributed by atoms with E-state index in [1.807, 2.05) is 0 Å². The first-order valence-electron chi connectivity index (χ1n) is 12.4.